The molecule has 0 radical (unpaired) electrons. The molecule has 3 rings (SSSR count). The van der Waals surface area contributed by atoms with Gasteiger partial charge < -0.3 is 5.32 Å². The fourth-order valence-corrected chi connectivity index (χ4v) is 4.32. The lowest BCUT2D eigenvalue weighted by molar-refractivity contribution is 0.591. The summed E-state index contributed by atoms with van der Waals surface area (Å²) in [6, 6.07) is 7.66. The van der Waals surface area contributed by atoms with Crippen LogP contribution in [0.15, 0.2) is 24.3 Å². The molecule has 106 valence electrons. The maximum absolute atomic E-state index is 11.8. The molecule has 1 aliphatic heterocycles. The van der Waals surface area contributed by atoms with Crippen molar-refractivity contribution in [2.24, 2.45) is 0 Å². The Morgan fingerprint density at radius 1 is 1.25 bits per heavy atom. The number of benzene rings is 1. The lowest BCUT2D eigenvalue weighted by Crippen LogP contribution is -2.25. The number of anilines is 1. The molecular weight excluding hydrogens is 274 g/mol. The molecule has 1 unspecified atom stereocenters. The van der Waals surface area contributed by atoms with Gasteiger partial charge in [-0.15, -0.1) is 0 Å². The van der Waals surface area contributed by atoms with E-state index in [0.29, 0.717) is 18.1 Å². The van der Waals surface area contributed by atoms with Crippen LogP contribution in [0, 0.1) is 6.92 Å². The van der Waals surface area contributed by atoms with Gasteiger partial charge in [0.25, 0.3) is 0 Å². The molecule has 0 saturated carbocycles. The molecule has 1 fully saturated rings. The second-order valence-electron chi connectivity index (χ2n) is 5.16. The summed E-state index contributed by atoms with van der Waals surface area (Å²) in [5.41, 5.74) is 2.46. The molecule has 5 nitrogen and oxygen atoms in total. The van der Waals surface area contributed by atoms with Crippen molar-refractivity contribution in [3.05, 3.63) is 30.0 Å². The predicted octanol–water partition coefficient (Wildman–Crippen LogP) is 1.93. The SMILES string of the molecule is Cc1nc2ccccc2nc1NCC1CCCS1(=O)=O. The molecule has 6 heteroatoms. The molecule has 1 aromatic carbocycles. The molecular formula is C14H17N3O2S. The molecule has 1 aromatic heterocycles. The van der Waals surface area contributed by atoms with Crippen LogP contribution in [-0.4, -0.2) is 35.9 Å². The third-order valence-electron chi connectivity index (χ3n) is 3.70. The first-order valence-electron chi connectivity index (χ1n) is 6.75. The first-order valence-corrected chi connectivity index (χ1v) is 8.46. The monoisotopic (exact) mass is 291 g/mol. The van der Waals surface area contributed by atoms with Gasteiger partial charge in [0.2, 0.25) is 0 Å². The van der Waals surface area contributed by atoms with Crippen LogP contribution < -0.4 is 5.32 Å². The van der Waals surface area contributed by atoms with E-state index in [2.05, 4.69) is 15.3 Å². The Morgan fingerprint density at radius 3 is 2.60 bits per heavy atom. The second kappa shape index (κ2) is 5.01. The normalized spacial score (nSPS) is 21.1. The summed E-state index contributed by atoms with van der Waals surface area (Å²) in [6.45, 7) is 2.29. The molecule has 2 aromatic rings. The van der Waals surface area contributed by atoms with E-state index in [1.807, 2.05) is 31.2 Å². The number of nitrogens with one attached hydrogen (secondary N) is 1. The third-order valence-corrected chi connectivity index (χ3v) is 5.98. The highest BCUT2D eigenvalue weighted by Crippen LogP contribution is 2.21. The number of fused-ring (bicyclic) bond motifs is 1. The fraction of sp³-hybridized carbons (Fsp3) is 0.429. The van der Waals surface area contributed by atoms with Crippen LogP contribution in [0.3, 0.4) is 0 Å². The van der Waals surface area contributed by atoms with Crippen molar-refractivity contribution in [2.75, 3.05) is 17.6 Å². The summed E-state index contributed by atoms with van der Waals surface area (Å²) >= 11 is 0. The van der Waals surface area contributed by atoms with Gasteiger partial charge in [-0.25, -0.2) is 18.4 Å². The van der Waals surface area contributed by atoms with Crippen LogP contribution >= 0.6 is 0 Å². The Bertz CT molecular complexity index is 743. The molecule has 1 N–H and O–H groups in total. The summed E-state index contributed by atoms with van der Waals surface area (Å²) in [4.78, 5) is 9.00. The van der Waals surface area contributed by atoms with Gasteiger partial charge in [0.15, 0.2) is 9.84 Å². The van der Waals surface area contributed by atoms with Crippen molar-refractivity contribution in [3.8, 4) is 0 Å². The standard InChI is InChI=1S/C14H17N3O2S/c1-10-14(15-9-11-5-4-8-20(11,18)19)17-13-7-3-2-6-12(13)16-10/h2-3,6-7,11H,4-5,8-9H2,1H3,(H,15,17). The Morgan fingerprint density at radius 2 is 1.95 bits per heavy atom. The molecule has 2 heterocycles. The van der Waals surface area contributed by atoms with Crippen LogP contribution in [0.4, 0.5) is 5.82 Å². The molecule has 20 heavy (non-hydrogen) atoms. The lowest BCUT2D eigenvalue weighted by atomic mass is 10.2. The van der Waals surface area contributed by atoms with Gasteiger partial charge in [-0.05, 0) is 31.9 Å². The van der Waals surface area contributed by atoms with Gasteiger partial charge in [-0.2, -0.15) is 0 Å². The van der Waals surface area contributed by atoms with Crippen LogP contribution in [-0.2, 0) is 9.84 Å². The van der Waals surface area contributed by atoms with E-state index < -0.39 is 9.84 Å². The van der Waals surface area contributed by atoms with E-state index in [1.165, 1.54) is 0 Å². The van der Waals surface area contributed by atoms with Crippen molar-refractivity contribution in [2.45, 2.75) is 25.0 Å². The zero-order valence-electron chi connectivity index (χ0n) is 11.3. The molecule has 1 atom stereocenters. The minimum atomic E-state index is -2.92. The van der Waals surface area contributed by atoms with Crippen LogP contribution in [0.2, 0.25) is 0 Å². The van der Waals surface area contributed by atoms with Crippen molar-refractivity contribution in [3.63, 3.8) is 0 Å². The summed E-state index contributed by atoms with van der Waals surface area (Å²) in [5, 5.41) is 2.85. The molecule has 0 aliphatic carbocycles. The van der Waals surface area contributed by atoms with Crippen molar-refractivity contribution >= 4 is 26.7 Å². The Labute approximate surface area is 118 Å². The lowest BCUT2D eigenvalue weighted by Gasteiger charge is -2.13. The minimum absolute atomic E-state index is 0.296. The van der Waals surface area contributed by atoms with Crippen LogP contribution in [0.1, 0.15) is 18.5 Å². The Hall–Kier alpha value is -1.69. The number of para-hydroxylation sites is 2. The number of nitrogens with zero attached hydrogens (tertiary/aromatic N) is 2. The van der Waals surface area contributed by atoms with Gasteiger partial charge >= 0.3 is 0 Å². The number of rotatable bonds is 3. The molecule has 1 saturated heterocycles. The predicted molar refractivity (Wildman–Crippen MR) is 79.6 cm³/mol. The first kappa shape index (κ1) is 13.3. The second-order valence-corrected chi connectivity index (χ2v) is 7.56. The zero-order valence-corrected chi connectivity index (χ0v) is 12.2. The van der Waals surface area contributed by atoms with Crippen LogP contribution in [0.5, 0.6) is 0 Å². The average molecular weight is 291 g/mol. The number of aromatic nitrogens is 2. The highest BCUT2D eigenvalue weighted by atomic mass is 32.2. The quantitative estimate of drug-likeness (QED) is 0.935. The third kappa shape index (κ3) is 2.47. The van der Waals surface area contributed by atoms with E-state index in [4.69, 9.17) is 0 Å². The number of hydrogen-bond acceptors (Lipinski definition) is 5. The summed E-state index contributed by atoms with van der Waals surface area (Å²) in [5.74, 6) is 0.979. The van der Waals surface area contributed by atoms with Gasteiger partial charge in [-0.3, -0.25) is 0 Å². The molecule has 0 amide bonds. The number of aryl methyl sites for hydroxylation is 1. The Balaban J connectivity index is 1.82. The summed E-state index contributed by atoms with van der Waals surface area (Å²) < 4.78 is 23.6. The van der Waals surface area contributed by atoms with Gasteiger partial charge in [0.1, 0.15) is 5.82 Å². The largest absolute Gasteiger partial charge is 0.367 e. The number of sulfone groups is 1. The zero-order chi connectivity index (χ0) is 14.2. The van der Waals surface area contributed by atoms with Crippen LogP contribution in [0.25, 0.3) is 11.0 Å². The Kier molecular flexibility index (Phi) is 3.33. The number of hydrogen-bond donors (Lipinski definition) is 1. The van der Waals surface area contributed by atoms with Gasteiger partial charge in [0.05, 0.1) is 27.7 Å². The van der Waals surface area contributed by atoms with Crippen molar-refractivity contribution in [1.29, 1.82) is 0 Å². The van der Waals surface area contributed by atoms with E-state index >= 15 is 0 Å². The van der Waals surface area contributed by atoms with E-state index in [0.717, 1.165) is 29.6 Å². The van der Waals surface area contributed by atoms with Crippen molar-refractivity contribution < 1.29 is 8.42 Å². The van der Waals surface area contributed by atoms with Gasteiger partial charge in [0, 0.05) is 6.54 Å². The smallest absolute Gasteiger partial charge is 0.154 e. The molecule has 0 bridgehead atoms. The first-order chi connectivity index (χ1) is 9.56. The summed E-state index contributed by atoms with van der Waals surface area (Å²) in [7, 11) is -2.92. The topological polar surface area (TPSA) is 72.0 Å². The highest BCUT2D eigenvalue weighted by molar-refractivity contribution is 7.92. The minimum Gasteiger partial charge on any atom is -0.367 e. The molecule has 1 aliphatic rings. The highest BCUT2D eigenvalue weighted by Gasteiger charge is 2.31. The summed E-state index contributed by atoms with van der Waals surface area (Å²) in [6.07, 6.45) is 1.49. The fourth-order valence-electron chi connectivity index (χ4n) is 2.55. The average Bonchev–Trinajstić information content (AvgIpc) is 2.75. The van der Waals surface area contributed by atoms with Crippen molar-refractivity contribution in [1.82, 2.24) is 9.97 Å². The molecule has 0 spiro atoms. The maximum atomic E-state index is 11.8. The van der Waals surface area contributed by atoms with E-state index in [1.54, 1.807) is 0 Å². The maximum Gasteiger partial charge on any atom is 0.154 e. The van der Waals surface area contributed by atoms with E-state index in [-0.39, 0.29) is 5.25 Å². The van der Waals surface area contributed by atoms with E-state index in [9.17, 15) is 8.42 Å². The van der Waals surface area contributed by atoms with Gasteiger partial charge in [-0.1, -0.05) is 12.1 Å².